The number of nitrogens with zero attached hydrogens (tertiary/aromatic N) is 1. The lowest BCUT2D eigenvalue weighted by Crippen LogP contribution is -2.35. The van der Waals surface area contributed by atoms with Crippen LogP contribution in [0.5, 0.6) is 0 Å². The first-order valence-electron chi connectivity index (χ1n) is 9.69. The molecule has 32 heavy (non-hydrogen) atoms. The Balaban J connectivity index is 1.74. The molecule has 0 unspecified atom stereocenters. The van der Waals surface area contributed by atoms with Crippen LogP contribution in [0.4, 0.5) is 30.6 Å². The Hall–Kier alpha value is -3.16. The highest BCUT2D eigenvalue weighted by atomic mass is 35.5. The van der Waals surface area contributed by atoms with Crippen LogP contribution < -0.4 is 15.5 Å². The molecule has 3 amide bonds. The molecule has 0 saturated heterocycles. The van der Waals surface area contributed by atoms with Gasteiger partial charge in [-0.3, -0.25) is 10.1 Å². The number of amides is 3. The van der Waals surface area contributed by atoms with Gasteiger partial charge in [0.15, 0.2) is 0 Å². The van der Waals surface area contributed by atoms with Gasteiger partial charge in [0.1, 0.15) is 17.2 Å². The van der Waals surface area contributed by atoms with Gasteiger partial charge in [0.2, 0.25) is 0 Å². The molecule has 0 spiro atoms. The topological polar surface area (TPSA) is 61.4 Å². The Bertz CT molecular complexity index is 1120. The van der Waals surface area contributed by atoms with Crippen molar-refractivity contribution in [3.05, 3.63) is 87.9 Å². The first-order valence-corrected chi connectivity index (χ1v) is 10.4. The SMILES string of the molecule is CCCN(c1ccc(Cl)cc1)c1ccc(NC(=O)NC(=O)c2c(F)cccc2F)cc1Cl. The third-order valence-electron chi connectivity index (χ3n) is 4.50. The molecule has 0 aromatic heterocycles. The maximum Gasteiger partial charge on any atom is 0.326 e. The molecule has 9 heteroatoms. The summed E-state index contributed by atoms with van der Waals surface area (Å²) in [7, 11) is 0. The van der Waals surface area contributed by atoms with Gasteiger partial charge >= 0.3 is 6.03 Å². The first-order chi connectivity index (χ1) is 15.3. The minimum Gasteiger partial charge on any atom is -0.340 e. The zero-order chi connectivity index (χ0) is 23.3. The van der Waals surface area contributed by atoms with Gasteiger partial charge in [0.05, 0.1) is 10.7 Å². The second-order valence-corrected chi connectivity index (χ2v) is 7.64. The molecule has 0 atom stereocenters. The van der Waals surface area contributed by atoms with Crippen molar-refractivity contribution in [1.29, 1.82) is 0 Å². The van der Waals surface area contributed by atoms with Gasteiger partial charge in [0, 0.05) is 22.9 Å². The fraction of sp³-hybridized carbons (Fsp3) is 0.130. The number of rotatable bonds is 6. The highest BCUT2D eigenvalue weighted by Gasteiger charge is 2.19. The number of hydrogen-bond acceptors (Lipinski definition) is 3. The van der Waals surface area contributed by atoms with Crippen molar-refractivity contribution in [2.24, 2.45) is 0 Å². The van der Waals surface area contributed by atoms with E-state index in [0.717, 1.165) is 30.3 Å². The monoisotopic (exact) mass is 477 g/mol. The average molecular weight is 478 g/mol. The van der Waals surface area contributed by atoms with E-state index in [-0.39, 0.29) is 0 Å². The van der Waals surface area contributed by atoms with Gasteiger partial charge < -0.3 is 10.2 Å². The maximum atomic E-state index is 13.7. The molecule has 0 aliphatic heterocycles. The number of carbonyl (C=O) groups excluding carboxylic acids is 2. The molecule has 0 radical (unpaired) electrons. The molecule has 3 aromatic carbocycles. The molecule has 0 fully saturated rings. The van der Waals surface area contributed by atoms with Crippen LogP contribution in [0.3, 0.4) is 0 Å². The minimum absolute atomic E-state index is 0.297. The zero-order valence-corrected chi connectivity index (χ0v) is 18.5. The Kier molecular flexibility index (Phi) is 7.66. The van der Waals surface area contributed by atoms with E-state index in [9.17, 15) is 18.4 Å². The largest absolute Gasteiger partial charge is 0.340 e. The van der Waals surface area contributed by atoms with Gasteiger partial charge in [0.25, 0.3) is 5.91 Å². The van der Waals surface area contributed by atoms with E-state index in [4.69, 9.17) is 23.2 Å². The van der Waals surface area contributed by atoms with Crippen LogP contribution in [-0.4, -0.2) is 18.5 Å². The summed E-state index contributed by atoms with van der Waals surface area (Å²) in [5.41, 5.74) is 1.07. The highest BCUT2D eigenvalue weighted by Crippen LogP contribution is 2.34. The third kappa shape index (κ3) is 5.55. The number of urea groups is 1. The van der Waals surface area contributed by atoms with Gasteiger partial charge in [-0.1, -0.05) is 36.2 Å². The van der Waals surface area contributed by atoms with E-state index in [0.29, 0.717) is 28.0 Å². The third-order valence-corrected chi connectivity index (χ3v) is 5.05. The van der Waals surface area contributed by atoms with Crippen molar-refractivity contribution < 1.29 is 18.4 Å². The highest BCUT2D eigenvalue weighted by molar-refractivity contribution is 6.34. The second-order valence-electron chi connectivity index (χ2n) is 6.80. The number of halogens is 4. The Morgan fingerprint density at radius 1 is 0.969 bits per heavy atom. The van der Waals surface area contributed by atoms with E-state index in [1.807, 2.05) is 29.3 Å². The number of nitrogens with one attached hydrogen (secondary N) is 2. The molecule has 0 saturated carbocycles. The van der Waals surface area contributed by atoms with E-state index >= 15 is 0 Å². The van der Waals surface area contributed by atoms with Crippen LogP contribution in [-0.2, 0) is 0 Å². The van der Waals surface area contributed by atoms with Crippen LogP contribution >= 0.6 is 23.2 Å². The summed E-state index contributed by atoms with van der Waals surface area (Å²) >= 11 is 12.4. The lowest BCUT2D eigenvalue weighted by atomic mass is 10.2. The summed E-state index contributed by atoms with van der Waals surface area (Å²) < 4.78 is 27.4. The van der Waals surface area contributed by atoms with Crippen molar-refractivity contribution in [3.8, 4) is 0 Å². The molecule has 0 aliphatic rings. The average Bonchev–Trinajstić information content (AvgIpc) is 2.73. The number of carbonyl (C=O) groups is 2. The fourth-order valence-electron chi connectivity index (χ4n) is 3.08. The molecular formula is C23H19Cl2F2N3O2. The van der Waals surface area contributed by atoms with Crippen LogP contribution in [0.1, 0.15) is 23.7 Å². The van der Waals surface area contributed by atoms with E-state index in [2.05, 4.69) is 5.32 Å². The Labute approximate surface area is 193 Å². The number of hydrogen-bond donors (Lipinski definition) is 2. The summed E-state index contributed by atoms with van der Waals surface area (Å²) in [6.45, 7) is 2.73. The first kappa shape index (κ1) is 23.5. The van der Waals surface area contributed by atoms with E-state index < -0.39 is 29.1 Å². The van der Waals surface area contributed by atoms with Crippen LogP contribution in [0.2, 0.25) is 10.0 Å². The van der Waals surface area contributed by atoms with Crippen molar-refractivity contribution in [2.75, 3.05) is 16.8 Å². The van der Waals surface area contributed by atoms with Gasteiger partial charge in [-0.25, -0.2) is 13.6 Å². The molecular weight excluding hydrogens is 459 g/mol. The van der Waals surface area contributed by atoms with Crippen molar-refractivity contribution in [2.45, 2.75) is 13.3 Å². The number of anilines is 3. The molecule has 0 heterocycles. The molecule has 3 aromatic rings. The Morgan fingerprint density at radius 2 is 1.62 bits per heavy atom. The van der Waals surface area contributed by atoms with Crippen molar-refractivity contribution in [3.63, 3.8) is 0 Å². The molecule has 0 aliphatic carbocycles. The quantitative estimate of drug-likeness (QED) is 0.411. The van der Waals surface area contributed by atoms with Gasteiger partial charge in [-0.05, 0) is 61.0 Å². The lowest BCUT2D eigenvalue weighted by molar-refractivity contribution is 0.0959. The van der Waals surface area contributed by atoms with Crippen LogP contribution in [0.15, 0.2) is 60.7 Å². The van der Waals surface area contributed by atoms with Crippen molar-refractivity contribution in [1.82, 2.24) is 5.32 Å². The minimum atomic E-state index is -1.20. The molecule has 166 valence electrons. The zero-order valence-electron chi connectivity index (χ0n) is 17.0. The van der Waals surface area contributed by atoms with E-state index in [1.54, 1.807) is 24.3 Å². The molecule has 5 nitrogen and oxygen atoms in total. The van der Waals surface area contributed by atoms with E-state index in [1.165, 1.54) is 6.07 Å². The Morgan fingerprint density at radius 3 is 2.22 bits per heavy atom. The van der Waals surface area contributed by atoms with Crippen LogP contribution in [0.25, 0.3) is 0 Å². The predicted octanol–water partition coefficient (Wildman–Crippen LogP) is 6.78. The normalized spacial score (nSPS) is 10.5. The standard InChI is InChI=1S/C23H19Cl2F2N3O2/c1-2-12-30(16-9-6-14(24)7-10-16)20-11-8-15(13-17(20)25)28-23(32)29-22(31)21-18(26)4-3-5-19(21)27/h3-11,13H,2,12H2,1H3,(H2,28,29,31,32). The summed E-state index contributed by atoms with van der Waals surface area (Å²) in [5.74, 6) is -3.33. The molecule has 2 N–H and O–H groups in total. The van der Waals surface area contributed by atoms with Gasteiger partial charge in [-0.15, -0.1) is 0 Å². The number of benzene rings is 3. The lowest BCUT2D eigenvalue weighted by Gasteiger charge is -2.26. The number of imide groups is 1. The smallest absolute Gasteiger partial charge is 0.326 e. The van der Waals surface area contributed by atoms with Crippen molar-refractivity contribution >= 4 is 52.2 Å². The fourth-order valence-corrected chi connectivity index (χ4v) is 3.49. The summed E-state index contributed by atoms with van der Waals surface area (Å²) in [6, 6.07) is 14.2. The summed E-state index contributed by atoms with van der Waals surface area (Å²) in [5, 5.41) is 5.31. The molecule has 3 rings (SSSR count). The summed E-state index contributed by atoms with van der Waals surface area (Å²) in [4.78, 5) is 26.2. The van der Waals surface area contributed by atoms with Crippen LogP contribution in [0, 0.1) is 11.6 Å². The summed E-state index contributed by atoms with van der Waals surface area (Å²) in [6.07, 6.45) is 0.857. The maximum absolute atomic E-state index is 13.7. The molecule has 0 bridgehead atoms. The predicted molar refractivity (Wildman–Crippen MR) is 123 cm³/mol. The van der Waals surface area contributed by atoms with Gasteiger partial charge in [-0.2, -0.15) is 0 Å². The second kappa shape index (κ2) is 10.4.